The Kier molecular flexibility index (Phi) is 5.55. The summed E-state index contributed by atoms with van der Waals surface area (Å²) in [5.41, 5.74) is 0.539. The zero-order chi connectivity index (χ0) is 18.6. The van der Waals surface area contributed by atoms with E-state index in [-0.39, 0.29) is 5.91 Å². The Morgan fingerprint density at radius 2 is 1.67 bits per heavy atom. The molecule has 1 amide bonds. The fraction of sp³-hybridized carbons (Fsp3) is 0.450. The van der Waals surface area contributed by atoms with Crippen molar-refractivity contribution in [3.05, 3.63) is 53.4 Å². The van der Waals surface area contributed by atoms with E-state index in [4.69, 9.17) is 11.6 Å². The van der Waals surface area contributed by atoms with Crippen LogP contribution >= 0.6 is 11.6 Å². The van der Waals surface area contributed by atoms with Gasteiger partial charge in [-0.2, -0.15) is 0 Å². The number of pyridine rings is 2. The van der Waals surface area contributed by atoms with Crippen molar-refractivity contribution in [1.29, 1.82) is 0 Å². The molecule has 0 bridgehead atoms. The lowest BCUT2D eigenvalue weighted by atomic mass is 10.0. The summed E-state index contributed by atoms with van der Waals surface area (Å²) in [6.45, 7) is 5.48. The molecule has 0 N–H and O–H groups in total. The van der Waals surface area contributed by atoms with Gasteiger partial charge in [0, 0.05) is 57.7 Å². The van der Waals surface area contributed by atoms with Crippen LogP contribution in [0.4, 0.5) is 5.82 Å². The maximum Gasteiger partial charge on any atom is 0.272 e. The van der Waals surface area contributed by atoms with Crippen molar-refractivity contribution in [1.82, 2.24) is 19.8 Å². The minimum atomic E-state index is 0.0451. The Balaban J connectivity index is 1.29. The topological polar surface area (TPSA) is 52.6 Å². The number of aromatic nitrogens is 2. The number of amides is 1. The number of carbonyl (C=O) groups excluding carboxylic acids is 1. The van der Waals surface area contributed by atoms with Crippen LogP contribution in [-0.4, -0.2) is 71.0 Å². The average molecular weight is 386 g/mol. The van der Waals surface area contributed by atoms with Gasteiger partial charge in [0.25, 0.3) is 5.91 Å². The highest BCUT2D eigenvalue weighted by Gasteiger charge is 2.30. The highest BCUT2D eigenvalue weighted by Crippen LogP contribution is 2.25. The fourth-order valence-corrected chi connectivity index (χ4v) is 4.24. The lowest BCUT2D eigenvalue weighted by Gasteiger charge is -2.43. The van der Waals surface area contributed by atoms with Crippen molar-refractivity contribution < 1.29 is 4.79 Å². The molecular formula is C20H24ClN5O. The Morgan fingerprint density at radius 3 is 2.33 bits per heavy atom. The molecule has 4 heterocycles. The van der Waals surface area contributed by atoms with E-state index in [9.17, 15) is 4.79 Å². The zero-order valence-corrected chi connectivity index (χ0v) is 16.1. The van der Waals surface area contributed by atoms with Crippen molar-refractivity contribution in [3.63, 3.8) is 0 Å². The van der Waals surface area contributed by atoms with E-state index in [1.54, 1.807) is 18.5 Å². The van der Waals surface area contributed by atoms with E-state index >= 15 is 0 Å². The minimum Gasteiger partial charge on any atom is -0.353 e. The van der Waals surface area contributed by atoms with E-state index in [1.165, 1.54) is 0 Å². The molecule has 0 aliphatic carbocycles. The molecule has 0 saturated carbocycles. The van der Waals surface area contributed by atoms with Crippen molar-refractivity contribution in [2.24, 2.45) is 0 Å². The number of carbonyl (C=O) groups is 1. The summed E-state index contributed by atoms with van der Waals surface area (Å²) in [5, 5.41) is 0.715. The van der Waals surface area contributed by atoms with Gasteiger partial charge in [-0.05, 0) is 37.1 Å². The maximum atomic E-state index is 12.5. The summed E-state index contributed by atoms with van der Waals surface area (Å²) in [7, 11) is 0. The third kappa shape index (κ3) is 4.06. The van der Waals surface area contributed by atoms with Crippen LogP contribution in [0.25, 0.3) is 0 Å². The number of likely N-dealkylation sites (tertiary alicyclic amines) is 1. The average Bonchev–Trinajstić information content (AvgIpc) is 2.74. The third-order valence-corrected chi connectivity index (χ3v) is 5.80. The highest BCUT2D eigenvalue weighted by atomic mass is 35.5. The highest BCUT2D eigenvalue weighted by molar-refractivity contribution is 6.32. The molecule has 7 heteroatoms. The molecule has 0 atom stereocenters. The van der Waals surface area contributed by atoms with Gasteiger partial charge in [-0.15, -0.1) is 0 Å². The van der Waals surface area contributed by atoms with E-state index in [0.29, 0.717) is 16.8 Å². The number of anilines is 1. The lowest BCUT2D eigenvalue weighted by Crippen LogP contribution is -2.54. The molecule has 0 aromatic carbocycles. The van der Waals surface area contributed by atoms with E-state index in [0.717, 1.165) is 57.9 Å². The molecule has 142 valence electrons. The van der Waals surface area contributed by atoms with Crippen LogP contribution in [0.3, 0.4) is 0 Å². The first-order valence-corrected chi connectivity index (χ1v) is 9.90. The number of rotatable bonds is 3. The predicted octanol–water partition coefficient (Wildman–Crippen LogP) is 2.56. The molecular weight excluding hydrogens is 362 g/mol. The van der Waals surface area contributed by atoms with Crippen molar-refractivity contribution in [2.75, 3.05) is 44.2 Å². The van der Waals surface area contributed by atoms with Crippen LogP contribution in [0.15, 0.2) is 42.7 Å². The monoisotopic (exact) mass is 385 g/mol. The van der Waals surface area contributed by atoms with Gasteiger partial charge in [0.2, 0.25) is 0 Å². The normalized spacial score (nSPS) is 19.3. The smallest absolute Gasteiger partial charge is 0.272 e. The molecule has 0 unspecified atom stereocenters. The van der Waals surface area contributed by atoms with Crippen LogP contribution in [0.1, 0.15) is 23.3 Å². The fourth-order valence-electron chi connectivity index (χ4n) is 3.99. The van der Waals surface area contributed by atoms with Crippen LogP contribution in [-0.2, 0) is 0 Å². The van der Waals surface area contributed by atoms with E-state index in [2.05, 4.69) is 19.8 Å². The number of hydrogen-bond acceptors (Lipinski definition) is 5. The van der Waals surface area contributed by atoms with Gasteiger partial charge in [0.05, 0.1) is 5.02 Å². The second-order valence-corrected chi connectivity index (χ2v) is 7.48. The molecule has 0 spiro atoms. The first-order chi connectivity index (χ1) is 13.2. The molecule has 2 aliphatic rings. The molecule has 0 radical (unpaired) electrons. The predicted molar refractivity (Wildman–Crippen MR) is 106 cm³/mol. The number of nitrogens with zero attached hydrogens (tertiary/aromatic N) is 5. The van der Waals surface area contributed by atoms with Gasteiger partial charge in [0.1, 0.15) is 11.5 Å². The van der Waals surface area contributed by atoms with Gasteiger partial charge in [0.15, 0.2) is 0 Å². The summed E-state index contributed by atoms with van der Waals surface area (Å²) in [5.74, 6) is 0.929. The number of piperazine rings is 1. The molecule has 2 aliphatic heterocycles. The largest absolute Gasteiger partial charge is 0.353 e. The molecule has 2 fully saturated rings. The first kappa shape index (κ1) is 18.2. The quantitative estimate of drug-likeness (QED) is 0.812. The van der Waals surface area contributed by atoms with E-state index < -0.39 is 0 Å². The van der Waals surface area contributed by atoms with Crippen molar-refractivity contribution in [3.8, 4) is 0 Å². The number of piperidine rings is 1. The van der Waals surface area contributed by atoms with Gasteiger partial charge < -0.3 is 9.80 Å². The van der Waals surface area contributed by atoms with Crippen LogP contribution in [0.5, 0.6) is 0 Å². The van der Waals surface area contributed by atoms with Crippen LogP contribution in [0, 0.1) is 0 Å². The SMILES string of the molecule is O=C(c1ccccn1)N1CCC(N2CCN(c3ncccc3Cl)CC2)CC1. The Hall–Kier alpha value is -2.18. The molecule has 4 rings (SSSR count). The molecule has 6 nitrogen and oxygen atoms in total. The number of hydrogen-bond donors (Lipinski definition) is 0. The van der Waals surface area contributed by atoms with Crippen LogP contribution < -0.4 is 4.90 Å². The minimum absolute atomic E-state index is 0.0451. The Morgan fingerprint density at radius 1 is 0.926 bits per heavy atom. The standard InChI is InChI=1S/C20H24ClN5O/c21-17-4-3-9-23-19(17)25-14-12-24(13-15-25)16-6-10-26(11-7-16)20(27)18-5-1-2-8-22-18/h1-5,8-9,16H,6-7,10-15H2. The first-order valence-electron chi connectivity index (χ1n) is 9.52. The van der Waals surface area contributed by atoms with Crippen molar-refractivity contribution >= 4 is 23.3 Å². The summed E-state index contributed by atoms with van der Waals surface area (Å²) in [4.78, 5) is 27.9. The zero-order valence-electron chi connectivity index (χ0n) is 15.3. The summed E-state index contributed by atoms with van der Waals surface area (Å²) >= 11 is 6.28. The summed E-state index contributed by atoms with van der Waals surface area (Å²) < 4.78 is 0. The van der Waals surface area contributed by atoms with Crippen molar-refractivity contribution in [2.45, 2.75) is 18.9 Å². The summed E-state index contributed by atoms with van der Waals surface area (Å²) in [6.07, 6.45) is 5.50. The Labute approximate surface area is 164 Å². The second kappa shape index (κ2) is 8.23. The molecule has 2 aromatic heterocycles. The third-order valence-electron chi connectivity index (χ3n) is 5.50. The molecule has 27 heavy (non-hydrogen) atoms. The molecule has 2 saturated heterocycles. The Bertz CT molecular complexity index is 771. The van der Waals surface area contributed by atoms with Gasteiger partial charge in [-0.3, -0.25) is 14.7 Å². The second-order valence-electron chi connectivity index (χ2n) is 7.07. The van der Waals surface area contributed by atoms with Gasteiger partial charge in [-0.1, -0.05) is 17.7 Å². The maximum absolute atomic E-state index is 12.5. The van der Waals surface area contributed by atoms with Crippen LogP contribution in [0.2, 0.25) is 5.02 Å². The van der Waals surface area contributed by atoms with Gasteiger partial charge in [-0.25, -0.2) is 4.98 Å². The van der Waals surface area contributed by atoms with E-state index in [1.807, 2.05) is 29.2 Å². The number of halogens is 1. The molecule has 2 aromatic rings. The lowest BCUT2D eigenvalue weighted by molar-refractivity contribution is 0.0605. The summed E-state index contributed by atoms with van der Waals surface area (Å²) in [6, 6.07) is 9.78. The van der Waals surface area contributed by atoms with Gasteiger partial charge >= 0.3 is 0 Å².